The molecule has 0 saturated carbocycles. The minimum Gasteiger partial charge on any atom is -0.356 e. The first-order chi connectivity index (χ1) is 9.41. The highest BCUT2D eigenvalue weighted by Gasteiger charge is 2.24. The van der Waals surface area contributed by atoms with Gasteiger partial charge in [0.2, 0.25) is 0 Å². The molecule has 5 nitrogen and oxygen atoms in total. The lowest BCUT2D eigenvalue weighted by Crippen LogP contribution is -2.27. The van der Waals surface area contributed by atoms with Crippen LogP contribution in [0.1, 0.15) is 58.7 Å². The molecule has 1 aliphatic rings. The van der Waals surface area contributed by atoms with Gasteiger partial charge < -0.3 is 10.3 Å². The van der Waals surface area contributed by atoms with E-state index in [4.69, 9.17) is 10.8 Å². The Kier molecular flexibility index (Phi) is 4.48. The summed E-state index contributed by atoms with van der Waals surface area (Å²) in [6, 6.07) is 1.95. The van der Waals surface area contributed by atoms with Crippen LogP contribution in [0.2, 0.25) is 0 Å². The molecule has 1 saturated heterocycles. The number of nitrogens with two attached hydrogens (primary N) is 1. The lowest BCUT2D eigenvalue weighted by atomic mass is 9.85. The Morgan fingerprint density at radius 1 is 1.25 bits per heavy atom. The highest BCUT2D eigenvalue weighted by molar-refractivity contribution is 5.49. The summed E-state index contributed by atoms with van der Waals surface area (Å²) >= 11 is 0. The van der Waals surface area contributed by atoms with Gasteiger partial charge in [0.25, 0.3) is 0 Å². The molecule has 0 atom stereocenters. The van der Waals surface area contributed by atoms with Crippen molar-refractivity contribution in [1.29, 1.82) is 0 Å². The van der Waals surface area contributed by atoms with Gasteiger partial charge in [-0.05, 0) is 24.7 Å². The van der Waals surface area contributed by atoms with Crippen LogP contribution in [-0.4, -0.2) is 23.1 Å². The summed E-state index contributed by atoms with van der Waals surface area (Å²) in [5.74, 6) is 8.37. The molecule has 5 heteroatoms. The minimum atomic E-state index is 0.297. The number of nitrogens with one attached hydrogen (secondary N) is 1. The van der Waals surface area contributed by atoms with Crippen LogP contribution in [0, 0.1) is 5.41 Å². The van der Waals surface area contributed by atoms with Crippen molar-refractivity contribution in [3.8, 4) is 0 Å². The van der Waals surface area contributed by atoms with Crippen molar-refractivity contribution in [2.45, 2.75) is 52.9 Å². The topological polar surface area (TPSA) is 67.1 Å². The third-order valence-corrected chi connectivity index (χ3v) is 4.06. The Balaban J connectivity index is 2.25. The van der Waals surface area contributed by atoms with Crippen molar-refractivity contribution in [3.63, 3.8) is 0 Å². The van der Waals surface area contributed by atoms with E-state index in [-0.39, 0.29) is 0 Å². The van der Waals surface area contributed by atoms with Gasteiger partial charge >= 0.3 is 0 Å². The van der Waals surface area contributed by atoms with Crippen LogP contribution < -0.4 is 16.2 Å². The Bertz CT molecular complexity index is 456. The Labute approximate surface area is 121 Å². The maximum Gasteiger partial charge on any atom is 0.145 e. The lowest BCUT2D eigenvalue weighted by Gasteiger charge is -2.25. The number of hydrazine groups is 1. The standard InChI is InChI=1S/C15H27N5/c1-11(2)14-17-12(19-16)10-13(18-14)20-8-5-6-15(3,4)7-9-20/h10-11H,5-9,16H2,1-4H3,(H,17,18,19). The van der Waals surface area contributed by atoms with Crippen LogP contribution in [-0.2, 0) is 0 Å². The average molecular weight is 277 g/mol. The van der Waals surface area contributed by atoms with E-state index in [1.54, 1.807) is 0 Å². The van der Waals surface area contributed by atoms with Crippen molar-refractivity contribution in [3.05, 3.63) is 11.9 Å². The highest BCUT2D eigenvalue weighted by Crippen LogP contribution is 2.31. The molecule has 3 N–H and O–H groups in total. The number of rotatable bonds is 3. The molecule has 0 unspecified atom stereocenters. The van der Waals surface area contributed by atoms with E-state index < -0.39 is 0 Å². The van der Waals surface area contributed by atoms with Gasteiger partial charge in [0, 0.05) is 25.1 Å². The number of hydrogen-bond acceptors (Lipinski definition) is 5. The van der Waals surface area contributed by atoms with Gasteiger partial charge in [-0.25, -0.2) is 15.8 Å². The van der Waals surface area contributed by atoms with E-state index in [2.05, 4.69) is 43.0 Å². The molecular formula is C15H27N5. The maximum absolute atomic E-state index is 5.53. The van der Waals surface area contributed by atoms with Crippen LogP contribution in [0.3, 0.4) is 0 Å². The van der Waals surface area contributed by atoms with Gasteiger partial charge in [0.1, 0.15) is 17.5 Å². The van der Waals surface area contributed by atoms with Gasteiger partial charge in [-0.15, -0.1) is 0 Å². The van der Waals surface area contributed by atoms with Gasteiger partial charge in [-0.2, -0.15) is 0 Å². The van der Waals surface area contributed by atoms with Crippen molar-refractivity contribution < 1.29 is 0 Å². The number of nitrogens with zero attached hydrogens (tertiary/aromatic N) is 3. The maximum atomic E-state index is 5.53. The van der Waals surface area contributed by atoms with E-state index in [1.807, 2.05) is 6.07 Å². The molecule has 0 amide bonds. The summed E-state index contributed by atoms with van der Waals surface area (Å²) in [5, 5.41) is 0. The van der Waals surface area contributed by atoms with Crippen LogP contribution in [0.25, 0.3) is 0 Å². The summed E-state index contributed by atoms with van der Waals surface area (Å²) in [5.41, 5.74) is 3.08. The first-order valence-corrected chi connectivity index (χ1v) is 7.52. The van der Waals surface area contributed by atoms with E-state index >= 15 is 0 Å². The molecule has 1 aliphatic heterocycles. The van der Waals surface area contributed by atoms with Crippen LogP contribution in [0.4, 0.5) is 11.6 Å². The van der Waals surface area contributed by atoms with Crippen LogP contribution in [0.15, 0.2) is 6.07 Å². The number of nitrogen functional groups attached to an aromatic ring is 1. The number of hydrogen-bond donors (Lipinski definition) is 2. The SMILES string of the molecule is CC(C)c1nc(NN)cc(N2CCCC(C)(C)CC2)n1. The van der Waals surface area contributed by atoms with E-state index in [0.29, 0.717) is 17.2 Å². The van der Waals surface area contributed by atoms with Crippen LogP contribution >= 0.6 is 0 Å². The monoisotopic (exact) mass is 277 g/mol. The molecule has 1 aromatic heterocycles. The zero-order valence-corrected chi connectivity index (χ0v) is 13.1. The Morgan fingerprint density at radius 3 is 2.65 bits per heavy atom. The highest BCUT2D eigenvalue weighted by atomic mass is 15.3. The van der Waals surface area contributed by atoms with E-state index in [1.165, 1.54) is 19.3 Å². The predicted molar refractivity (Wildman–Crippen MR) is 83.8 cm³/mol. The summed E-state index contributed by atoms with van der Waals surface area (Å²) in [6.07, 6.45) is 3.67. The first-order valence-electron chi connectivity index (χ1n) is 7.52. The Hall–Kier alpha value is -1.36. The first kappa shape index (κ1) is 15.0. The molecule has 112 valence electrons. The molecule has 1 aromatic rings. The van der Waals surface area contributed by atoms with Gasteiger partial charge in [-0.1, -0.05) is 27.7 Å². The third-order valence-electron chi connectivity index (χ3n) is 4.06. The zero-order chi connectivity index (χ0) is 14.8. The summed E-state index contributed by atoms with van der Waals surface area (Å²) in [7, 11) is 0. The van der Waals surface area contributed by atoms with Crippen molar-refractivity contribution in [2.75, 3.05) is 23.4 Å². The number of aromatic nitrogens is 2. The molecule has 2 heterocycles. The summed E-state index contributed by atoms with van der Waals surface area (Å²) in [4.78, 5) is 11.5. The van der Waals surface area contributed by atoms with Gasteiger partial charge in [0.05, 0.1) is 0 Å². The fraction of sp³-hybridized carbons (Fsp3) is 0.733. The quantitative estimate of drug-likeness (QED) is 0.657. The molecule has 0 radical (unpaired) electrons. The fourth-order valence-electron chi connectivity index (χ4n) is 2.60. The smallest absolute Gasteiger partial charge is 0.145 e. The normalized spacial score (nSPS) is 19.0. The lowest BCUT2D eigenvalue weighted by molar-refractivity contribution is 0.325. The fourth-order valence-corrected chi connectivity index (χ4v) is 2.60. The summed E-state index contributed by atoms with van der Waals surface area (Å²) < 4.78 is 0. The second-order valence-corrected chi connectivity index (χ2v) is 6.77. The molecule has 0 aromatic carbocycles. The molecule has 20 heavy (non-hydrogen) atoms. The van der Waals surface area contributed by atoms with E-state index in [0.717, 1.165) is 24.7 Å². The molecule has 1 fully saturated rings. The predicted octanol–water partition coefficient (Wildman–Crippen LogP) is 2.90. The second-order valence-electron chi connectivity index (χ2n) is 6.77. The molecule has 0 spiro atoms. The van der Waals surface area contributed by atoms with Gasteiger partial charge in [0.15, 0.2) is 0 Å². The van der Waals surface area contributed by atoms with Gasteiger partial charge in [-0.3, -0.25) is 0 Å². The third kappa shape index (κ3) is 3.60. The average Bonchev–Trinajstić information content (AvgIpc) is 2.59. The van der Waals surface area contributed by atoms with E-state index in [9.17, 15) is 0 Å². The zero-order valence-electron chi connectivity index (χ0n) is 13.1. The second kappa shape index (κ2) is 5.95. The number of anilines is 2. The van der Waals surface area contributed by atoms with Crippen molar-refractivity contribution in [2.24, 2.45) is 11.3 Å². The van der Waals surface area contributed by atoms with Crippen molar-refractivity contribution >= 4 is 11.6 Å². The minimum absolute atomic E-state index is 0.297. The van der Waals surface area contributed by atoms with Crippen molar-refractivity contribution in [1.82, 2.24) is 9.97 Å². The Morgan fingerprint density at radius 2 is 2.00 bits per heavy atom. The molecule has 0 bridgehead atoms. The molecular weight excluding hydrogens is 250 g/mol. The molecule has 2 rings (SSSR count). The summed E-state index contributed by atoms with van der Waals surface area (Å²) in [6.45, 7) is 11.0. The largest absolute Gasteiger partial charge is 0.356 e. The van der Waals surface area contributed by atoms with Crippen LogP contribution in [0.5, 0.6) is 0 Å². The molecule has 0 aliphatic carbocycles.